The number of primary amides is 1. The summed E-state index contributed by atoms with van der Waals surface area (Å²) < 4.78 is 20.2. The maximum absolute atomic E-state index is 12.5. The molecule has 3 aliphatic carbocycles. The highest BCUT2D eigenvalue weighted by Crippen LogP contribution is 2.44. The van der Waals surface area contributed by atoms with E-state index < -0.39 is 46.3 Å². The highest BCUT2D eigenvalue weighted by molar-refractivity contribution is 9.10. The van der Waals surface area contributed by atoms with Crippen molar-refractivity contribution in [3.63, 3.8) is 0 Å². The van der Waals surface area contributed by atoms with Gasteiger partial charge in [-0.3, -0.25) is 28.8 Å². The van der Waals surface area contributed by atoms with Crippen LogP contribution in [0.1, 0.15) is 180 Å². The number of H-pyrrole nitrogens is 4. The molecular formula is C84H84BrCl6N27O12P2S9. The molecule has 0 aromatic carbocycles. The number of aromatic nitrogens is 18. The van der Waals surface area contributed by atoms with Crippen molar-refractivity contribution in [1.82, 2.24) is 99.5 Å². The molecule has 14 heterocycles. The Kier molecular flexibility index (Phi) is 46.7. The minimum atomic E-state index is -0.678. The SMILES string of the molecule is CCOC(=O)c1[nH]c(=O)c(Br)cc1Cl.CCOC(=O)c1[nH]c(=O)c(Nc2ccncn2)cc1Cl.CCOC(=O)c1[nH]c(=S)c(Nc2ccncn2)cc1Cl.NC(=O)c1[nH]c(=S)c(Nc2ccncn2)cc1Cl.Nc1ccncn1.O=C1CCCCC1.O=C1NC2(CCCCC2)n2c1c(Cl)cc(Nc1ccncn1)c2=S.O=C1NC2(CCCCC2)n2c1c(Cl)cc(Nc1ccncn1)c2=S.S=PP=S=S=S=S. The highest BCUT2D eigenvalue weighted by atomic mass is 79.9. The molecule has 3 amide bonds. The van der Waals surface area contributed by atoms with Gasteiger partial charge in [-0.05, 0) is 224 Å². The van der Waals surface area contributed by atoms with Crippen LogP contribution in [0.5, 0.6) is 0 Å². The maximum atomic E-state index is 12.5. The molecule has 12 aromatic rings. The van der Waals surface area contributed by atoms with Gasteiger partial charge in [-0.25, -0.2) is 74.2 Å². The van der Waals surface area contributed by atoms with Crippen LogP contribution < -0.4 is 59.8 Å². The number of hydrogen-bond acceptors (Lipinski definition) is 36. The monoisotopic (exact) mass is 2300 g/mol. The number of esters is 3. The molecule has 15 N–H and O–H groups in total. The molecule has 0 radical (unpaired) electrons. The number of carbonyl (C=O) groups excluding carboxylic acids is 7. The largest absolute Gasteiger partial charge is 0.461 e. The van der Waals surface area contributed by atoms with Crippen LogP contribution in [-0.4, -0.2) is 150 Å². The van der Waals surface area contributed by atoms with E-state index in [2.05, 4.69) is 156 Å². The molecule has 0 saturated heterocycles. The molecule has 5 aliphatic rings. The molecule has 0 unspecified atom stereocenters. The second kappa shape index (κ2) is 58.0. The number of halogens is 7. The zero-order chi connectivity index (χ0) is 102. The van der Waals surface area contributed by atoms with E-state index in [4.69, 9.17) is 144 Å². The van der Waals surface area contributed by atoms with Crippen molar-refractivity contribution in [1.29, 1.82) is 0 Å². The Labute approximate surface area is 884 Å². The molecule has 2 spiro atoms. The van der Waals surface area contributed by atoms with Crippen molar-refractivity contribution in [2.75, 3.05) is 52.1 Å². The van der Waals surface area contributed by atoms with E-state index in [9.17, 15) is 43.2 Å². The Morgan fingerprint density at radius 2 is 0.780 bits per heavy atom. The summed E-state index contributed by atoms with van der Waals surface area (Å²) >= 11 is 70.3. The number of amides is 3. The van der Waals surface area contributed by atoms with Crippen LogP contribution in [0, 0.1) is 18.6 Å². The van der Waals surface area contributed by atoms with Gasteiger partial charge in [-0.1, -0.05) is 138 Å². The standard InChI is InChI=1S/2C16H16ClN5OS.C12H11ClN4O3.C12H11ClN4O2S.C10H8ClN5OS.C8H7BrClNO3.C6H10O.C4H5N3.P2S5/c2*17-10-8-11(20-12-4-7-18-9-19-12)15(24)22-13(10)14(23)21-16(22)5-2-1-3-6-16;1-2-20-12(19)10-7(13)5-8(11(18)17-10)16-9-3-4-14-6-15-9;1-2-19-12(18)10-7(13)5-8(11(20)17-10)16-9-3-4-14-6-15-9;11-5-3-6(10(18)16-8(5)9(12)17)15-7-1-2-13-4-14-7;1-2-14-8(13)6-5(10)3-4(9)7(12)11-6;7-6-4-2-1-3-5-6;5-4-1-2-6-3-7-4;3-1-2-5-7-6-4/h2*4,7-9H,1-3,5-6H2,(H,21,23)(H,18,19,20);3-6H,2H2,1H3,(H,17,18)(H,14,15,16);3-6H,2H2,1H3,(H,17,20)(H,14,15,16);1-4H,(H2,12,17)(H,16,18)(H,13,14,15);3H,2H2,1H3,(H,11,12);1-5H2;1-3H,(H2,5,6,7);. The number of hydrogen-bond donors (Lipinski definition) is 13. The summed E-state index contributed by atoms with van der Waals surface area (Å²) in [4.78, 5) is 161. The van der Waals surface area contributed by atoms with E-state index in [0.29, 0.717) is 103 Å². The van der Waals surface area contributed by atoms with Crippen molar-refractivity contribution < 1.29 is 47.8 Å². The number of aromatic amines is 4. The fourth-order valence-corrected chi connectivity index (χ4v) is 26.3. The molecule has 0 atom stereocenters. The van der Waals surface area contributed by atoms with Crippen molar-refractivity contribution in [3.8, 4) is 0 Å². The summed E-state index contributed by atoms with van der Waals surface area (Å²) in [6.07, 6.45) is 33.4. The van der Waals surface area contributed by atoms with Gasteiger partial charge >= 0.3 is 17.9 Å². The number of pyridine rings is 6. The Hall–Kier alpha value is -10.9. The molecule has 740 valence electrons. The topological polar surface area (TPSA) is 545 Å². The first kappa shape index (κ1) is 114. The Morgan fingerprint density at radius 1 is 0.454 bits per heavy atom. The molecular weight excluding hydrogens is 2220 g/mol. The van der Waals surface area contributed by atoms with E-state index in [1.165, 1.54) is 97.5 Å². The number of nitrogens with one attached hydrogen (secondary N) is 11. The Balaban J connectivity index is 0.000000182. The van der Waals surface area contributed by atoms with Gasteiger partial charge in [-0.15, -0.1) is 0 Å². The third-order valence-electron chi connectivity index (χ3n) is 19.6. The minimum absolute atomic E-state index is 0.0262. The molecule has 39 nitrogen and oxygen atoms in total. The van der Waals surface area contributed by atoms with Crippen LogP contribution in [0.4, 0.5) is 63.3 Å². The van der Waals surface area contributed by atoms with Gasteiger partial charge in [0.1, 0.15) is 148 Å². The minimum Gasteiger partial charge on any atom is -0.461 e. The third-order valence-corrected chi connectivity index (χ3v) is 33.4. The first-order chi connectivity index (χ1) is 67.8. The van der Waals surface area contributed by atoms with Crippen molar-refractivity contribution in [2.24, 2.45) is 5.73 Å². The molecule has 57 heteroatoms. The summed E-state index contributed by atoms with van der Waals surface area (Å²) in [5.41, 5.74) is 12.1. The second-order valence-corrected chi connectivity index (χ2v) is 43.6. The number of Topliss-reactive ketones (excluding diaryl/α,β-unsaturated/α-hetero) is 1. The summed E-state index contributed by atoms with van der Waals surface area (Å²) in [7, 11) is 6.83. The molecule has 2 aliphatic heterocycles. The third kappa shape index (κ3) is 33.9. The number of carbonyl (C=O) groups is 7. The number of ether oxygens (including phenoxy) is 3. The highest BCUT2D eigenvalue weighted by Gasteiger charge is 2.46. The molecule has 3 fully saturated rings. The first-order valence-corrected chi connectivity index (χ1v) is 55.1. The number of anilines is 11. The normalized spacial score (nSPS) is 13.3. The zero-order valence-corrected chi connectivity index (χ0v) is 89.4. The van der Waals surface area contributed by atoms with E-state index in [1.807, 2.05) is 9.13 Å². The van der Waals surface area contributed by atoms with Gasteiger partial charge < -0.3 is 92.0 Å². The number of nitrogen functional groups attached to an aromatic ring is 1. The Morgan fingerprint density at radius 3 is 1.11 bits per heavy atom. The van der Waals surface area contributed by atoms with Crippen LogP contribution in [0.3, 0.4) is 0 Å². The van der Waals surface area contributed by atoms with E-state index in [-0.39, 0.29) is 84.7 Å². The van der Waals surface area contributed by atoms with Gasteiger partial charge in [0, 0.05) is 64.1 Å². The lowest BCUT2D eigenvalue weighted by atomic mass is 9.89. The lowest BCUT2D eigenvalue weighted by molar-refractivity contribution is -0.120. The van der Waals surface area contributed by atoms with Crippen LogP contribution in [-0.2, 0) is 80.6 Å². The number of nitrogens with two attached hydrogens (primary N) is 2. The predicted molar refractivity (Wildman–Crippen MR) is 571 cm³/mol. The fraction of sp³-hybridized carbons (Fsp3) is 0.274. The summed E-state index contributed by atoms with van der Waals surface area (Å²) in [5, 5.41) is 22.8. The number of ketones is 1. The first-order valence-electron chi connectivity index (χ1n) is 41.9. The van der Waals surface area contributed by atoms with Crippen LogP contribution in [0.15, 0.2) is 162 Å². The van der Waals surface area contributed by atoms with E-state index in [0.717, 1.165) is 84.1 Å². The van der Waals surface area contributed by atoms with Crippen LogP contribution in [0.2, 0.25) is 30.1 Å². The maximum Gasteiger partial charge on any atom is 0.356 e. The second-order valence-electron chi connectivity index (χ2n) is 29.0. The molecule has 0 bridgehead atoms. The van der Waals surface area contributed by atoms with Crippen molar-refractivity contribution in [3.05, 3.63) is 256 Å². The van der Waals surface area contributed by atoms with Crippen LogP contribution in [0.25, 0.3) is 0 Å². The number of fused-ring (bicyclic) bond motifs is 4. The number of nitrogens with zero attached hydrogens (tertiary/aromatic N) is 14. The van der Waals surface area contributed by atoms with Gasteiger partial charge in [0.25, 0.3) is 28.8 Å². The smallest absolute Gasteiger partial charge is 0.356 e. The van der Waals surface area contributed by atoms with Gasteiger partial charge in [0.05, 0.1) is 77.2 Å². The quantitative estimate of drug-likeness (QED) is 0.0164. The summed E-state index contributed by atoms with van der Waals surface area (Å²) in [6.45, 7) is 5.73. The zero-order valence-electron chi connectivity index (χ0n) is 74.1. The average molecular weight is 2310 g/mol. The summed E-state index contributed by atoms with van der Waals surface area (Å²) in [6, 6.07) is 19.2. The van der Waals surface area contributed by atoms with Gasteiger partial charge in [-0.2, -0.15) is 0 Å². The van der Waals surface area contributed by atoms with Gasteiger partial charge in [0.2, 0.25) is 0 Å². The lowest BCUT2D eigenvalue weighted by Gasteiger charge is -2.36. The molecule has 141 heavy (non-hydrogen) atoms. The Bertz CT molecular complexity index is 6730. The van der Waals surface area contributed by atoms with Gasteiger partial charge in [0.15, 0.2) is 0 Å². The summed E-state index contributed by atoms with van der Waals surface area (Å²) in [5.74, 6) is 0.967. The van der Waals surface area contributed by atoms with Crippen molar-refractivity contribution in [2.45, 2.75) is 128 Å². The van der Waals surface area contributed by atoms with E-state index in [1.54, 1.807) is 125 Å². The number of rotatable bonds is 18. The van der Waals surface area contributed by atoms with Crippen molar-refractivity contribution >= 4 is 304 Å². The average Bonchev–Trinajstić information content (AvgIpc) is 1.58. The molecule has 12 aromatic heterocycles. The predicted octanol–water partition coefficient (Wildman–Crippen LogP) is 19.7. The fourth-order valence-electron chi connectivity index (χ4n) is 13.5. The lowest BCUT2D eigenvalue weighted by Crippen LogP contribution is -2.45. The van der Waals surface area contributed by atoms with E-state index >= 15 is 0 Å². The molecule has 3 saturated carbocycles. The molecule has 17 rings (SSSR count). The van der Waals surface area contributed by atoms with Crippen LogP contribution >= 0.6 is 148 Å².